The Morgan fingerprint density at radius 1 is 1.10 bits per heavy atom. The van der Waals surface area contributed by atoms with Gasteiger partial charge in [0, 0.05) is 25.7 Å². The fourth-order valence-electron chi connectivity index (χ4n) is 1.85. The van der Waals surface area contributed by atoms with E-state index in [0.717, 1.165) is 19.0 Å². The van der Waals surface area contributed by atoms with E-state index in [0.29, 0.717) is 0 Å². The second kappa shape index (κ2) is 7.29. The SMILES string of the molecule is CN=C(NCc1ccc(CN(C)C)cc1)NC(C)(C)C. The quantitative estimate of drug-likeness (QED) is 0.654. The highest BCUT2D eigenvalue weighted by atomic mass is 15.2. The van der Waals surface area contributed by atoms with Crippen molar-refractivity contribution in [2.45, 2.75) is 39.4 Å². The van der Waals surface area contributed by atoms with Crippen molar-refractivity contribution in [3.05, 3.63) is 35.4 Å². The van der Waals surface area contributed by atoms with Crippen molar-refractivity contribution in [3.63, 3.8) is 0 Å². The number of aliphatic imine (C=N–C) groups is 1. The molecule has 0 bridgehead atoms. The first-order chi connectivity index (χ1) is 9.30. The Balaban J connectivity index is 2.52. The zero-order valence-electron chi connectivity index (χ0n) is 13.6. The van der Waals surface area contributed by atoms with Gasteiger partial charge in [-0.15, -0.1) is 0 Å². The third-order valence-corrected chi connectivity index (χ3v) is 2.70. The van der Waals surface area contributed by atoms with E-state index in [1.54, 1.807) is 7.05 Å². The molecular weight excluding hydrogens is 248 g/mol. The number of rotatable bonds is 4. The molecule has 0 saturated carbocycles. The van der Waals surface area contributed by atoms with Gasteiger partial charge in [0.1, 0.15) is 0 Å². The Morgan fingerprint density at radius 3 is 2.10 bits per heavy atom. The van der Waals surface area contributed by atoms with E-state index in [1.165, 1.54) is 11.1 Å². The summed E-state index contributed by atoms with van der Waals surface area (Å²) in [5.41, 5.74) is 2.59. The van der Waals surface area contributed by atoms with Crippen molar-refractivity contribution >= 4 is 5.96 Å². The average Bonchev–Trinajstić information content (AvgIpc) is 2.34. The van der Waals surface area contributed by atoms with Crippen LogP contribution in [0.4, 0.5) is 0 Å². The summed E-state index contributed by atoms with van der Waals surface area (Å²) in [4.78, 5) is 6.40. The Labute approximate surface area is 123 Å². The van der Waals surface area contributed by atoms with E-state index in [1.807, 2.05) is 0 Å². The third kappa shape index (κ3) is 6.57. The molecule has 0 aliphatic heterocycles. The lowest BCUT2D eigenvalue weighted by Crippen LogP contribution is -2.47. The Morgan fingerprint density at radius 2 is 1.65 bits per heavy atom. The maximum atomic E-state index is 4.23. The van der Waals surface area contributed by atoms with Gasteiger partial charge in [0.15, 0.2) is 5.96 Å². The lowest BCUT2D eigenvalue weighted by molar-refractivity contribution is 0.402. The van der Waals surface area contributed by atoms with Crippen LogP contribution in [0.1, 0.15) is 31.9 Å². The molecule has 0 aromatic heterocycles. The van der Waals surface area contributed by atoms with Crippen molar-refractivity contribution in [1.29, 1.82) is 0 Å². The van der Waals surface area contributed by atoms with Crippen LogP contribution in [-0.4, -0.2) is 37.5 Å². The predicted molar refractivity (Wildman–Crippen MR) is 86.9 cm³/mol. The molecule has 1 aromatic rings. The molecular formula is C16H28N4. The predicted octanol–water partition coefficient (Wildman–Crippen LogP) is 2.21. The molecule has 0 heterocycles. The van der Waals surface area contributed by atoms with Gasteiger partial charge < -0.3 is 15.5 Å². The van der Waals surface area contributed by atoms with Gasteiger partial charge in [0.05, 0.1) is 0 Å². The van der Waals surface area contributed by atoms with E-state index >= 15 is 0 Å². The lowest BCUT2D eigenvalue weighted by atomic mass is 10.1. The van der Waals surface area contributed by atoms with Gasteiger partial charge in [-0.05, 0) is 46.0 Å². The maximum absolute atomic E-state index is 4.23. The molecule has 112 valence electrons. The highest BCUT2D eigenvalue weighted by Gasteiger charge is 2.11. The average molecular weight is 276 g/mol. The first-order valence-electron chi connectivity index (χ1n) is 7.01. The Bertz CT molecular complexity index is 427. The van der Waals surface area contributed by atoms with Crippen LogP contribution in [-0.2, 0) is 13.1 Å². The fourth-order valence-corrected chi connectivity index (χ4v) is 1.85. The first kappa shape index (κ1) is 16.5. The van der Waals surface area contributed by atoms with Crippen LogP contribution in [0.3, 0.4) is 0 Å². The molecule has 0 radical (unpaired) electrons. The second-order valence-electron chi connectivity index (χ2n) is 6.36. The standard InChI is InChI=1S/C16H28N4/c1-16(2,3)19-15(17-4)18-11-13-7-9-14(10-8-13)12-20(5)6/h7-10H,11-12H2,1-6H3,(H2,17,18,19). The van der Waals surface area contributed by atoms with E-state index in [-0.39, 0.29) is 5.54 Å². The van der Waals surface area contributed by atoms with Crippen LogP contribution in [0.5, 0.6) is 0 Å². The summed E-state index contributed by atoms with van der Waals surface area (Å²) in [6, 6.07) is 8.68. The highest BCUT2D eigenvalue weighted by molar-refractivity contribution is 5.80. The number of hydrogen-bond acceptors (Lipinski definition) is 2. The number of hydrogen-bond donors (Lipinski definition) is 2. The first-order valence-corrected chi connectivity index (χ1v) is 7.01. The number of nitrogens with zero attached hydrogens (tertiary/aromatic N) is 2. The molecule has 0 spiro atoms. The van der Waals surface area contributed by atoms with Crippen LogP contribution < -0.4 is 10.6 Å². The monoisotopic (exact) mass is 276 g/mol. The van der Waals surface area contributed by atoms with Crippen molar-refractivity contribution in [1.82, 2.24) is 15.5 Å². The molecule has 4 heteroatoms. The summed E-state index contributed by atoms with van der Waals surface area (Å²) >= 11 is 0. The van der Waals surface area contributed by atoms with Crippen LogP contribution in [0.25, 0.3) is 0 Å². The van der Waals surface area contributed by atoms with Gasteiger partial charge in [-0.25, -0.2) is 0 Å². The third-order valence-electron chi connectivity index (χ3n) is 2.70. The zero-order chi connectivity index (χ0) is 15.2. The maximum Gasteiger partial charge on any atom is 0.191 e. The molecule has 0 fully saturated rings. The van der Waals surface area contributed by atoms with E-state index in [4.69, 9.17) is 0 Å². The number of nitrogens with one attached hydrogen (secondary N) is 2. The molecule has 1 rings (SSSR count). The number of guanidine groups is 1. The van der Waals surface area contributed by atoms with Crippen LogP contribution in [0, 0.1) is 0 Å². The van der Waals surface area contributed by atoms with Gasteiger partial charge in [-0.1, -0.05) is 24.3 Å². The van der Waals surface area contributed by atoms with Gasteiger partial charge >= 0.3 is 0 Å². The van der Waals surface area contributed by atoms with Gasteiger partial charge in [0.25, 0.3) is 0 Å². The summed E-state index contributed by atoms with van der Waals surface area (Å²) in [5, 5.41) is 6.68. The molecule has 0 saturated heterocycles. The summed E-state index contributed by atoms with van der Waals surface area (Å²) < 4.78 is 0. The van der Waals surface area contributed by atoms with E-state index < -0.39 is 0 Å². The summed E-state index contributed by atoms with van der Waals surface area (Å²) in [6.45, 7) is 8.11. The molecule has 0 atom stereocenters. The van der Waals surface area contributed by atoms with Gasteiger partial charge in [-0.3, -0.25) is 4.99 Å². The molecule has 4 nitrogen and oxygen atoms in total. The van der Waals surface area contributed by atoms with Crippen LogP contribution >= 0.6 is 0 Å². The topological polar surface area (TPSA) is 39.7 Å². The van der Waals surface area contributed by atoms with Crippen molar-refractivity contribution in [3.8, 4) is 0 Å². The highest BCUT2D eigenvalue weighted by Crippen LogP contribution is 2.06. The molecule has 0 aliphatic rings. The van der Waals surface area contributed by atoms with E-state index in [2.05, 4.69) is 79.7 Å². The minimum atomic E-state index is 0.0113. The normalized spacial score (nSPS) is 12.7. The molecule has 0 aliphatic carbocycles. The van der Waals surface area contributed by atoms with E-state index in [9.17, 15) is 0 Å². The van der Waals surface area contributed by atoms with Gasteiger partial charge in [0.2, 0.25) is 0 Å². The van der Waals surface area contributed by atoms with Crippen molar-refractivity contribution < 1.29 is 0 Å². The van der Waals surface area contributed by atoms with Crippen molar-refractivity contribution in [2.24, 2.45) is 4.99 Å². The van der Waals surface area contributed by atoms with Crippen molar-refractivity contribution in [2.75, 3.05) is 21.1 Å². The molecule has 0 amide bonds. The van der Waals surface area contributed by atoms with Crippen LogP contribution in [0.15, 0.2) is 29.3 Å². The second-order valence-corrected chi connectivity index (χ2v) is 6.36. The summed E-state index contributed by atoms with van der Waals surface area (Å²) in [6.07, 6.45) is 0. The van der Waals surface area contributed by atoms with Crippen LogP contribution in [0.2, 0.25) is 0 Å². The van der Waals surface area contributed by atoms with Gasteiger partial charge in [-0.2, -0.15) is 0 Å². The minimum Gasteiger partial charge on any atom is -0.352 e. The number of benzene rings is 1. The zero-order valence-corrected chi connectivity index (χ0v) is 13.6. The Hall–Kier alpha value is -1.55. The molecule has 1 aromatic carbocycles. The lowest BCUT2D eigenvalue weighted by Gasteiger charge is -2.23. The molecule has 2 N–H and O–H groups in total. The Kier molecular flexibility index (Phi) is 6.02. The fraction of sp³-hybridized carbons (Fsp3) is 0.562. The largest absolute Gasteiger partial charge is 0.352 e. The molecule has 20 heavy (non-hydrogen) atoms. The molecule has 0 unspecified atom stereocenters. The smallest absolute Gasteiger partial charge is 0.191 e. The summed E-state index contributed by atoms with van der Waals surface area (Å²) in [5.74, 6) is 0.829. The minimum absolute atomic E-state index is 0.0113. The summed E-state index contributed by atoms with van der Waals surface area (Å²) in [7, 11) is 5.95.